The molecule has 0 saturated carbocycles. The Hall–Kier alpha value is -1.06. The molecule has 0 fully saturated rings. The summed E-state index contributed by atoms with van der Waals surface area (Å²) >= 11 is 0. The van der Waals surface area contributed by atoms with E-state index in [-0.39, 0.29) is 12.3 Å². The summed E-state index contributed by atoms with van der Waals surface area (Å²) in [4.78, 5) is 22.3. The minimum absolute atomic E-state index is 0.279. The molecular formula is C12H22O4. The van der Waals surface area contributed by atoms with Crippen molar-refractivity contribution in [3.8, 4) is 0 Å². The van der Waals surface area contributed by atoms with Crippen molar-refractivity contribution in [2.24, 2.45) is 11.8 Å². The molecule has 16 heavy (non-hydrogen) atoms. The lowest BCUT2D eigenvalue weighted by molar-refractivity contribution is -0.155. The molecule has 0 aliphatic carbocycles. The van der Waals surface area contributed by atoms with Crippen LogP contribution in [0.5, 0.6) is 0 Å². The molecule has 0 spiro atoms. The van der Waals surface area contributed by atoms with Crippen LogP contribution < -0.4 is 0 Å². The first-order valence-electron chi connectivity index (χ1n) is 5.73. The van der Waals surface area contributed by atoms with E-state index < -0.39 is 11.9 Å². The zero-order valence-electron chi connectivity index (χ0n) is 10.6. The van der Waals surface area contributed by atoms with Gasteiger partial charge in [-0.3, -0.25) is 9.59 Å². The van der Waals surface area contributed by atoms with E-state index in [1.807, 2.05) is 27.7 Å². The average Bonchev–Trinajstić information content (AvgIpc) is 2.14. The van der Waals surface area contributed by atoms with Gasteiger partial charge in [0.15, 0.2) is 0 Å². The summed E-state index contributed by atoms with van der Waals surface area (Å²) in [5, 5.41) is 0. The molecule has 0 bridgehead atoms. The first-order chi connectivity index (χ1) is 7.41. The Bertz CT molecular complexity index is 221. The van der Waals surface area contributed by atoms with Gasteiger partial charge in [0.1, 0.15) is 6.42 Å². The molecule has 4 nitrogen and oxygen atoms in total. The lowest BCUT2D eigenvalue weighted by atomic mass is 10.1. The number of ether oxygens (including phenoxy) is 2. The molecule has 0 saturated heterocycles. The monoisotopic (exact) mass is 230 g/mol. The molecule has 0 aromatic rings. The number of hydrogen-bond donors (Lipinski definition) is 0. The Morgan fingerprint density at radius 3 is 2.00 bits per heavy atom. The van der Waals surface area contributed by atoms with E-state index in [0.29, 0.717) is 19.1 Å². The van der Waals surface area contributed by atoms with Crippen LogP contribution in [0, 0.1) is 11.8 Å². The van der Waals surface area contributed by atoms with Crippen LogP contribution >= 0.6 is 0 Å². The van der Waals surface area contributed by atoms with Gasteiger partial charge in [-0.1, -0.05) is 27.7 Å². The molecule has 0 aromatic heterocycles. The van der Waals surface area contributed by atoms with E-state index in [0.717, 1.165) is 6.42 Å². The standard InChI is InChI=1S/C12H22O4/c1-9(2)5-6-15-11(13)7-12(14)16-8-10(3)4/h9-10H,5-8H2,1-4H3. The van der Waals surface area contributed by atoms with Crippen molar-refractivity contribution in [1.29, 1.82) is 0 Å². The van der Waals surface area contributed by atoms with E-state index in [1.165, 1.54) is 0 Å². The van der Waals surface area contributed by atoms with Crippen molar-refractivity contribution < 1.29 is 19.1 Å². The molecule has 94 valence electrons. The van der Waals surface area contributed by atoms with Crippen molar-refractivity contribution in [2.45, 2.75) is 40.5 Å². The highest BCUT2D eigenvalue weighted by Gasteiger charge is 2.12. The van der Waals surface area contributed by atoms with Gasteiger partial charge in [0.05, 0.1) is 13.2 Å². The van der Waals surface area contributed by atoms with Gasteiger partial charge in [-0.05, 0) is 18.3 Å². The third kappa shape index (κ3) is 9.49. The predicted octanol–water partition coefficient (Wildman–Crippen LogP) is 2.17. The van der Waals surface area contributed by atoms with Crippen molar-refractivity contribution in [1.82, 2.24) is 0 Å². The van der Waals surface area contributed by atoms with Crippen LogP contribution in [0.4, 0.5) is 0 Å². The fourth-order valence-electron chi connectivity index (χ4n) is 0.888. The van der Waals surface area contributed by atoms with Crippen LogP contribution in [-0.2, 0) is 19.1 Å². The second-order valence-electron chi connectivity index (χ2n) is 4.66. The van der Waals surface area contributed by atoms with Gasteiger partial charge in [0.25, 0.3) is 0 Å². The van der Waals surface area contributed by atoms with Crippen LogP contribution in [-0.4, -0.2) is 25.2 Å². The van der Waals surface area contributed by atoms with Crippen LogP contribution in [0.15, 0.2) is 0 Å². The van der Waals surface area contributed by atoms with E-state index in [1.54, 1.807) is 0 Å². The number of hydrogen-bond acceptors (Lipinski definition) is 4. The van der Waals surface area contributed by atoms with Crippen LogP contribution in [0.1, 0.15) is 40.5 Å². The molecule has 0 atom stereocenters. The Kier molecular flexibility index (Phi) is 7.60. The van der Waals surface area contributed by atoms with Gasteiger partial charge in [-0.25, -0.2) is 0 Å². The molecular weight excluding hydrogens is 208 g/mol. The summed E-state index contributed by atoms with van der Waals surface area (Å²) in [6.07, 6.45) is 0.525. The summed E-state index contributed by atoms with van der Waals surface area (Å²) in [5.41, 5.74) is 0. The minimum Gasteiger partial charge on any atom is -0.465 e. The van der Waals surface area contributed by atoms with Crippen molar-refractivity contribution in [2.75, 3.05) is 13.2 Å². The van der Waals surface area contributed by atoms with Gasteiger partial charge in [-0.15, -0.1) is 0 Å². The topological polar surface area (TPSA) is 52.6 Å². The second kappa shape index (κ2) is 8.13. The maximum absolute atomic E-state index is 11.2. The van der Waals surface area contributed by atoms with Gasteiger partial charge in [0, 0.05) is 0 Å². The first kappa shape index (κ1) is 14.9. The lowest BCUT2D eigenvalue weighted by Crippen LogP contribution is -2.16. The average molecular weight is 230 g/mol. The molecule has 0 heterocycles. The molecule has 0 rings (SSSR count). The van der Waals surface area contributed by atoms with Gasteiger partial charge in [0.2, 0.25) is 0 Å². The third-order valence-electron chi connectivity index (χ3n) is 1.82. The van der Waals surface area contributed by atoms with Crippen LogP contribution in [0.3, 0.4) is 0 Å². The Balaban J connectivity index is 3.58. The second-order valence-corrected chi connectivity index (χ2v) is 4.66. The molecule has 0 aliphatic heterocycles. The summed E-state index contributed by atoms with van der Waals surface area (Å²) in [6.45, 7) is 8.68. The lowest BCUT2D eigenvalue weighted by Gasteiger charge is -2.08. The van der Waals surface area contributed by atoms with Gasteiger partial charge < -0.3 is 9.47 Å². The molecule has 4 heteroatoms. The highest BCUT2D eigenvalue weighted by atomic mass is 16.6. The maximum Gasteiger partial charge on any atom is 0.317 e. The summed E-state index contributed by atoms with van der Waals surface area (Å²) in [7, 11) is 0. The molecule has 0 unspecified atom stereocenters. The Morgan fingerprint density at radius 2 is 1.50 bits per heavy atom. The van der Waals surface area contributed by atoms with Gasteiger partial charge >= 0.3 is 11.9 Å². The zero-order valence-corrected chi connectivity index (χ0v) is 10.6. The molecule has 0 aliphatic rings. The summed E-state index contributed by atoms with van der Waals surface area (Å²) < 4.78 is 9.75. The molecule has 0 aromatic carbocycles. The number of carbonyl (C=O) groups excluding carboxylic acids is 2. The minimum atomic E-state index is -0.511. The van der Waals surface area contributed by atoms with E-state index >= 15 is 0 Å². The molecule has 0 N–H and O–H groups in total. The quantitative estimate of drug-likeness (QED) is 0.497. The van der Waals surface area contributed by atoms with Gasteiger partial charge in [-0.2, -0.15) is 0 Å². The zero-order chi connectivity index (χ0) is 12.6. The summed E-state index contributed by atoms with van der Waals surface area (Å²) in [5.74, 6) is -0.251. The van der Waals surface area contributed by atoms with Crippen molar-refractivity contribution in [3.05, 3.63) is 0 Å². The highest BCUT2D eigenvalue weighted by molar-refractivity contribution is 5.91. The third-order valence-corrected chi connectivity index (χ3v) is 1.82. The van der Waals surface area contributed by atoms with Crippen molar-refractivity contribution in [3.63, 3.8) is 0 Å². The smallest absolute Gasteiger partial charge is 0.317 e. The Labute approximate surface area is 97.3 Å². The summed E-state index contributed by atoms with van der Waals surface area (Å²) in [6, 6.07) is 0. The first-order valence-corrected chi connectivity index (χ1v) is 5.73. The predicted molar refractivity (Wildman–Crippen MR) is 60.8 cm³/mol. The highest BCUT2D eigenvalue weighted by Crippen LogP contribution is 2.01. The van der Waals surface area contributed by atoms with E-state index in [2.05, 4.69) is 0 Å². The SMILES string of the molecule is CC(C)CCOC(=O)CC(=O)OCC(C)C. The number of carbonyl (C=O) groups is 2. The van der Waals surface area contributed by atoms with E-state index in [4.69, 9.17) is 9.47 Å². The van der Waals surface area contributed by atoms with Crippen LogP contribution in [0.25, 0.3) is 0 Å². The largest absolute Gasteiger partial charge is 0.465 e. The van der Waals surface area contributed by atoms with Crippen LogP contribution in [0.2, 0.25) is 0 Å². The number of rotatable bonds is 7. The molecule has 0 radical (unpaired) electrons. The van der Waals surface area contributed by atoms with E-state index in [9.17, 15) is 9.59 Å². The normalized spacial score (nSPS) is 10.6. The fourth-order valence-corrected chi connectivity index (χ4v) is 0.888. The van der Waals surface area contributed by atoms with Crippen molar-refractivity contribution >= 4 is 11.9 Å². The fraction of sp³-hybridized carbons (Fsp3) is 0.833. The number of esters is 2. The Morgan fingerprint density at radius 1 is 0.938 bits per heavy atom. The maximum atomic E-state index is 11.2. The molecule has 0 amide bonds.